The fraction of sp³-hybridized carbons (Fsp3) is 0.565. The first-order valence-electron chi connectivity index (χ1n) is 30.5. The van der Waals surface area contributed by atoms with Gasteiger partial charge >= 0.3 is 23.9 Å². The first-order chi connectivity index (χ1) is 39.6. The van der Waals surface area contributed by atoms with Gasteiger partial charge in [-0.2, -0.15) is 0 Å². The number of carbonyl (C=O) groups excluding carboxylic acids is 3. The number of aliphatic carboxylic acids is 1. The molecule has 6 unspecified atom stereocenters. The summed E-state index contributed by atoms with van der Waals surface area (Å²) in [6.07, 6.45) is 67.8. The summed E-state index contributed by atoms with van der Waals surface area (Å²) in [4.78, 5) is 51.2. The minimum absolute atomic E-state index is 0.0237. The second kappa shape index (κ2) is 54.9. The Labute approximate surface area is 488 Å². The molecule has 12 nitrogen and oxygen atoms in total. The van der Waals surface area contributed by atoms with Crippen molar-refractivity contribution in [3.05, 3.63) is 158 Å². The molecule has 12 heteroatoms. The number of aliphatic hydroxyl groups excluding tert-OH is 2. The van der Waals surface area contributed by atoms with Crippen LogP contribution in [0.15, 0.2) is 158 Å². The topological polar surface area (TPSA) is 175 Å². The van der Waals surface area contributed by atoms with Gasteiger partial charge in [0, 0.05) is 19.3 Å². The number of hydrogen-bond acceptors (Lipinski definition) is 11. The Morgan fingerprint density at radius 2 is 0.753 bits per heavy atom. The monoisotopic (exact) mass is 1120 g/mol. The zero-order valence-electron chi connectivity index (χ0n) is 49.7. The number of allylic oxidation sites excluding steroid dienone is 26. The van der Waals surface area contributed by atoms with E-state index < -0.39 is 67.3 Å². The lowest BCUT2D eigenvalue weighted by Gasteiger charge is -2.40. The van der Waals surface area contributed by atoms with Gasteiger partial charge in [-0.1, -0.05) is 204 Å². The highest BCUT2D eigenvalue weighted by molar-refractivity contribution is 5.74. The highest BCUT2D eigenvalue weighted by Gasteiger charge is 2.50. The van der Waals surface area contributed by atoms with Gasteiger partial charge in [0.05, 0.1) is 6.61 Å². The number of rotatable bonds is 49. The molecule has 0 bridgehead atoms. The van der Waals surface area contributed by atoms with Crippen molar-refractivity contribution >= 4 is 23.9 Å². The van der Waals surface area contributed by atoms with E-state index in [1.54, 1.807) is 0 Å². The van der Waals surface area contributed by atoms with Crippen molar-refractivity contribution in [2.24, 2.45) is 0 Å². The van der Waals surface area contributed by atoms with Gasteiger partial charge in [0.25, 0.3) is 0 Å². The van der Waals surface area contributed by atoms with Crippen LogP contribution in [0.1, 0.15) is 201 Å². The van der Waals surface area contributed by atoms with Gasteiger partial charge in [-0.15, -0.1) is 0 Å². The molecule has 6 atom stereocenters. The minimum atomic E-state index is -1.93. The second-order valence-corrected chi connectivity index (χ2v) is 19.8. The molecule has 0 spiro atoms. The van der Waals surface area contributed by atoms with Gasteiger partial charge in [-0.25, -0.2) is 4.79 Å². The lowest BCUT2D eigenvalue weighted by Crippen LogP contribution is -2.61. The third-order valence-electron chi connectivity index (χ3n) is 12.6. The van der Waals surface area contributed by atoms with Crippen LogP contribution in [0, 0.1) is 0 Å². The van der Waals surface area contributed by atoms with Crippen molar-refractivity contribution in [2.75, 3.05) is 13.2 Å². The number of esters is 3. The number of ether oxygens (including phenoxy) is 5. The Hall–Kier alpha value is -5.66. The molecule has 0 aromatic rings. The SMILES string of the molecule is CC/C=C\C/C=C\C/C=C\C/C=C\C/C=C\CCCC(=O)OCC(COC1OC(C(=O)O)C(O)C(O)C1OC(=O)CCCCCCCC/C=C\C/C=C\C/C=C\C/C=C\CC)OC(=O)CCCC/C=C\C/C=C\C/C=C\C/C=C\CC. The van der Waals surface area contributed by atoms with Crippen LogP contribution in [0.2, 0.25) is 0 Å². The van der Waals surface area contributed by atoms with E-state index in [1.807, 2.05) is 12.2 Å². The third kappa shape index (κ3) is 44.7. The Kier molecular flexibility index (Phi) is 49.7. The van der Waals surface area contributed by atoms with Gasteiger partial charge in [0.15, 0.2) is 24.6 Å². The number of carbonyl (C=O) groups is 4. The predicted octanol–water partition coefficient (Wildman–Crippen LogP) is 16.1. The van der Waals surface area contributed by atoms with Crippen molar-refractivity contribution in [1.82, 2.24) is 0 Å². The van der Waals surface area contributed by atoms with E-state index in [9.17, 15) is 34.5 Å². The molecule has 1 fully saturated rings. The summed E-state index contributed by atoms with van der Waals surface area (Å²) >= 11 is 0. The van der Waals surface area contributed by atoms with Crippen LogP contribution in [-0.4, -0.2) is 89.2 Å². The summed E-state index contributed by atoms with van der Waals surface area (Å²) in [5, 5.41) is 31.5. The molecule has 0 radical (unpaired) electrons. The molecule has 1 heterocycles. The number of carboxylic acids is 1. The smallest absolute Gasteiger partial charge is 0.335 e. The van der Waals surface area contributed by atoms with Gasteiger partial charge in [0.1, 0.15) is 18.8 Å². The number of carboxylic acid groups (broad SMARTS) is 1. The molecular formula is C69H104O12. The van der Waals surface area contributed by atoms with Crippen LogP contribution >= 0.6 is 0 Å². The Bertz CT molecular complexity index is 2010. The first-order valence-corrected chi connectivity index (χ1v) is 30.5. The molecule has 3 N–H and O–H groups in total. The Morgan fingerprint density at radius 1 is 0.407 bits per heavy atom. The quantitative estimate of drug-likeness (QED) is 0.0228. The average Bonchev–Trinajstić information content (AvgIpc) is 3.53. The fourth-order valence-corrected chi connectivity index (χ4v) is 8.03. The average molecular weight is 1130 g/mol. The van der Waals surface area contributed by atoms with E-state index in [0.717, 1.165) is 135 Å². The fourth-order valence-electron chi connectivity index (χ4n) is 8.03. The Morgan fingerprint density at radius 3 is 1.19 bits per heavy atom. The first kappa shape index (κ1) is 73.4. The van der Waals surface area contributed by atoms with Crippen LogP contribution in [0.3, 0.4) is 0 Å². The molecule has 81 heavy (non-hydrogen) atoms. The largest absolute Gasteiger partial charge is 0.479 e. The zero-order valence-corrected chi connectivity index (χ0v) is 49.7. The summed E-state index contributed by atoms with van der Waals surface area (Å²) < 4.78 is 28.3. The predicted molar refractivity (Wildman–Crippen MR) is 330 cm³/mol. The molecule has 0 aromatic carbocycles. The number of aliphatic hydroxyl groups is 2. The van der Waals surface area contributed by atoms with Crippen molar-refractivity contribution in [2.45, 2.75) is 237 Å². The van der Waals surface area contributed by atoms with Crippen molar-refractivity contribution < 1.29 is 58.2 Å². The van der Waals surface area contributed by atoms with Gasteiger partial charge in [-0.3, -0.25) is 14.4 Å². The highest BCUT2D eigenvalue weighted by Crippen LogP contribution is 2.26. The molecule has 0 aromatic heterocycles. The summed E-state index contributed by atoms with van der Waals surface area (Å²) in [6.45, 7) is 5.55. The lowest BCUT2D eigenvalue weighted by atomic mass is 9.98. The maximum Gasteiger partial charge on any atom is 0.335 e. The van der Waals surface area contributed by atoms with E-state index in [-0.39, 0.29) is 25.9 Å². The molecule has 1 aliphatic rings. The van der Waals surface area contributed by atoms with E-state index in [1.165, 1.54) is 0 Å². The lowest BCUT2D eigenvalue weighted by molar-refractivity contribution is -0.301. The second-order valence-electron chi connectivity index (χ2n) is 19.8. The molecule has 0 amide bonds. The molecule has 1 saturated heterocycles. The van der Waals surface area contributed by atoms with Crippen LogP contribution < -0.4 is 0 Å². The molecule has 1 aliphatic heterocycles. The van der Waals surface area contributed by atoms with E-state index in [4.69, 9.17) is 23.7 Å². The van der Waals surface area contributed by atoms with Gasteiger partial charge < -0.3 is 39.0 Å². The molecule has 0 aliphatic carbocycles. The van der Waals surface area contributed by atoms with E-state index >= 15 is 0 Å². The summed E-state index contributed by atoms with van der Waals surface area (Å²) in [6, 6.07) is 0. The summed E-state index contributed by atoms with van der Waals surface area (Å²) in [5.74, 6) is -3.30. The van der Waals surface area contributed by atoms with Crippen LogP contribution in [-0.2, 0) is 42.9 Å². The number of hydrogen-bond donors (Lipinski definition) is 3. The maximum atomic E-state index is 13.1. The standard InChI is InChI=1S/C69H104O12/c1-4-7-10-13-16-19-22-25-28-30-31-33-36-39-42-45-48-51-54-57-63(72)80-67-65(74)64(73)66(68(75)76)81-69(67)78-59-60(79-62(71)56-53-50-47-44-41-38-34-27-24-21-18-15-12-9-6-3)58-77-61(70)55-52-49-46-43-40-37-35-32-29-26-23-20-17-14-11-8-5-2/h7-12,16-21,25-29,31,33-35,37,41,43-44,46,60,64-67,69,73-74H,4-6,13-15,22-24,30,32,36,38-40,42,45,47-59H2,1-3H3,(H,75,76)/b10-7-,11-8-,12-9-,19-16-,20-17-,21-18-,28-25-,29-26-,33-31-,34-27-,37-35-,44-41-,46-43-. The summed E-state index contributed by atoms with van der Waals surface area (Å²) in [7, 11) is 0. The molecule has 452 valence electrons. The molecule has 1 rings (SSSR count). The maximum absolute atomic E-state index is 13.1. The third-order valence-corrected chi connectivity index (χ3v) is 12.6. The molecule has 0 saturated carbocycles. The van der Waals surface area contributed by atoms with Gasteiger partial charge in [0.2, 0.25) is 0 Å². The van der Waals surface area contributed by atoms with Crippen LogP contribution in [0.4, 0.5) is 0 Å². The normalized spacial score (nSPS) is 18.9. The van der Waals surface area contributed by atoms with Crippen molar-refractivity contribution in [3.8, 4) is 0 Å². The minimum Gasteiger partial charge on any atom is -0.479 e. The van der Waals surface area contributed by atoms with E-state index in [0.29, 0.717) is 25.7 Å². The van der Waals surface area contributed by atoms with Crippen LogP contribution in [0.5, 0.6) is 0 Å². The zero-order chi connectivity index (χ0) is 58.9. The van der Waals surface area contributed by atoms with E-state index in [2.05, 4.69) is 167 Å². The van der Waals surface area contributed by atoms with Crippen molar-refractivity contribution in [3.63, 3.8) is 0 Å². The van der Waals surface area contributed by atoms with Crippen molar-refractivity contribution in [1.29, 1.82) is 0 Å². The Balaban J connectivity index is 2.76. The number of unbranched alkanes of at least 4 members (excludes halogenated alkanes) is 9. The summed E-state index contributed by atoms with van der Waals surface area (Å²) in [5.41, 5.74) is 0. The molecular weight excluding hydrogens is 1020 g/mol. The van der Waals surface area contributed by atoms with Crippen LogP contribution in [0.25, 0.3) is 0 Å². The highest BCUT2D eigenvalue weighted by atomic mass is 16.7. The van der Waals surface area contributed by atoms with Gasteiger partial charge in [-0.05, 0) is 135 Å².